The van der Waals surface area contributed by atoms with Gasteiger partial charge in [-0.05, 0) is 26.8 Å². The summed E-state index contributed by atoms with van der Waals surface area (Å²) in [4.78, 5) is 10.2. The van der Waals surface area contributed by atoms with Crippen molar-refractivity contribution in [3.05, 3.63) is 25.0 Å². The topological polar surface area (TPSA) is 70.1 Å². The normalized spacial score (nSPS) is 10.0. The smallest absolute Gasteiger partial charge is 0.303 e. The Bertz CT molecular complexity index is 337. The average Bonchev–Trinajstić information content (AvgIpc) is 2.50. The number of rotatable bonds is 1. The van der Waals surface area contributed by atoms with E-state index in [9.17, 15) is 4.79 Å². The van der Waals surface area contributed by atoms with Gasteiger partial charge in [-0.15, -0.1) is 0 Å². The van der Waals surface area contributed by atoms with Crippen LogP contribution in [0, 0.1) is 0 Å². The van der Waals surface area contributed by atoms with Gasteiger partial charge in [-0.2, -0.15) is 5.10 Å². The van der Waals surface area contributed by atoms with Crippen LogP contribution in [-0.2, 0) is 9.53 Å². The van der Waals surface area contributed by atoms with Gasteiger partial charge >= 0.3 is 5.97 Å². The number of ether oxygens (including phenoxy) is 1. The van der Waals surface area contributed by atoms with E-state index >= 15 is 0 Å². The van der Waals surface area contributed by atoms with Crippen molar-refractivity contribution in [2.75, 3.05) is 0 Å². The second-order valence-corrected chi connectivity index (χ2v) is 4.15. The molecule has 1 rings (SSSR count). The molecule has 1 aromatic heterocycles. The Morgan fingerprint density at radius 3 is 2.19 bits per heavy atom. The summed E-state index contributed by atoms with van der Waals surface area (Å²) in [5.41, 5.74) is 4.94. The summed E-state index contributed by atoms with van der Waals surface area (Å²) in [6.07, 6.45) is 3.39. The van der Waals surface area contributed by atoms with E-state index in [1.54, 1.807) is 18.5 Å². The van der Waals surface area contributed by atoms with Gasteiger partial charge < -0.3 is 10.5 Å². The molecular formula is C11H19N3O2. The van der Waals surface area contributed by atoms with Crippen LogP contribution in [-0.4, -0.2) is 21.4 Å². The number of nitrogens with two attached hydrogens (primary N) is 1. The van der Waals surface area contributed by atoms with Crippen molar-refractivity contribution < 1.29 is 9.53 Å². The Kier molecular flexibility index (Phi) is 5.29. The summed E-state index contributed by atoms with van der Waals surface area (Å²) in [6.45, 7) is 10.4. The van der Waals surface area contributed by atoms with E-state index < -0.39 is 0 Å². The zero-order valence-electron chi connectivity index (χ0n) is 10.2. The van der Waals surface area contributed by atoms with Crippen molar-refractivity contribution in [1.82, 2.24) is 9.78 Å². The summed E-state index contributed by atoms with van der Waals surface area (Å²) < 4.78 is 6.30. The number of hydrogen-bond donors (Lipinski definition) is 1. The molecule has 5 heteroatoms. The van der Waals surface area contributed by atoms with Gasteiger partial charge in [0.15, 0.2) is 0 Å². The molecule has 0 radical (unpaired) electrons. The molecular weight excluding hydrogens is 206 g/mol. The average molecular weight is 225 g/mol. The summed E-state index contributed by atoms with van der Waals surface area (Å²) in [7, 11) is 0. The first kappa shape index (κ1) is 14.2. The lowest BCUT2D eigenvalue weighted by molar-refractivity contribution is -0.151. The van der Waals surface area contributed by atoms with E-state index in [-0.39, 0.29) is 11.6 Å². The molecule has 1 aromatic rings. The molecule has 0 aromatic carbocycles. The maximum Gasteiger partial charge on any atom is 0.303 e. The van der Waals surface area contributed by atoms with Crippen LogP contribution in [0.5, 0.6) is 0 Å². The van der Waals surface area contributed by atoms with Gasteiger partial charge in [0.05, 0.1) is 0 Å². The van der Waals surface area contributed by atoms with E-state index in [0.717, 1.165) is 0 Å². The molecule has 5 nitrogen and oxygen atoms in total. The number of nitrogens with zero attached hydrogens (tertiary/aromatic N) is 2. The fraction of sp³-hybridized carbons (Fsp3) is 0.455. The summed E-state index contributed by atoms with van der Waals surface area (Å²) >= 11 is 0. The van der Waals surface area contributed by atoms with Crippen molar-refractivity contribution in [2.45, 2.75) is 33.3 Å². The number of carbonyl (C=O) groups excluding carboxylic acids is 1. The molecule has 16 heavy (non-hydrogen) atoms. The number of carbonyl (C=O) groups is 1. The maximum absolute atomic E-state index is 10.2. The van der Waals surface area contributed by atoms with Crippen molar-refractivity contribution in [2.24, 2.45) is 5.73 Å². The van der Waals surface area contributed by atoms with E-state index in [4.69, 9.17) is 10.5 Å². The SMILES string of the molecule is C=C(N)n1cccn1.CC(=O)OC(C)(C)C. The summed E-state index contributed by atoms with van der Waals surface area (Å²) in [5, 5.41) is 3.81. The molecule has 0 spiro atoms. The predicted molar refractivity (Wildman–Crippen MR) is 63.3 cm³/mol. The Morgan fingerprint density at radius 1 is 1.50 bits per heavy atom. The van der Waals surface area contributed by atoms with Crippen LogP contribution in [0.2, 0.25) is 0 Å². The van der Waals surface area contributed by atoms with Gasteiger partial charge in [0.2, 0.25) is 0 Å². The first-order valence-corrected chi connectivity index (χ1v) is 4.86. The predicted octanol–water partition coefficient (Wildman–Crippen LogP) is 1.62. The van der Waals surface area contributed by atoms with E-state index in [1.807, 2.05) is 20.8 Å². The highest BCUT2D eigenvalue weighted by atomic mass is 16.6. The quantitative estimate of drug-likeness (QED) is 0.737. The fourth-order valence-corrected chi connectivity index (χ4v) is 0.870. The van der Waals surface area contributed by atoms with Crippen LogP contribution in [0.3, 0.4) is 0 Å². The number of esters is 1. The molecule has 1 heterocycles. The third kappa shape index (κ3) is 7.61. The fourth-order valence-electron chi connectivity index (χ4n) is 0.870. The minimum absolute atomic E-state index is 0.225. The van der Waals surface area contributed by atoms with Crippen LogP contribution >= 0.6 is 0 Å². The van der Waals surface area contributed by atoms with Crippen molar-refractivity contribution in [3.63, 3.8) is 0 Å². The molecule has 90 valence electrons. The Morgan fingerprint density at radius 2 is 2.06 bits per heavy atom. The molecule has 0 saturated heterocycles. The standard InChI is InChI=1S/C6H12O2.C5H7N3/c1-5(7)8-6(2,3)4;1-5(6)8-4-2-3-7-8/h1-4H3;2-4H,1,6H2. The minimum atomic E-state index is -0.328. The van der Waals surface area contributed by atoms with Gasteiger partial charge in [0.25, 0.3) is 0 Å². The second kappa shape index (κ2) is 5.95. The monoisotopic (exact) mass is 225 g/mol. The largest absolute Gasteiger partial charge is 0.460 e. The molecule has 2 N–H and O–H groups in total. The Labute approximate surface area is 95.9 Å². The lowest BCUT2D eigenvalue weighted by atomic mass is 10.2. The van der Waals surface area contributed by atoms with Gasteiger partial charge in [-0.3, -0.25) is 4.79 Å². The van der Waals surface area contributed by atoms with Gasteiger partial charge in [-0.25, -0.2) is 4.68 Å². The lowest BCUT2D eigenvalue weighted by Crippen LogP contribution is -2.21. The van der Waals surface area contributed by atoms with Crippen LogP contribution in [0.4, 0.5) is 0 Å². The highest BCUT2D eigenvalue weighted by molar-refractivity contribution is 5.66. The molecule has 0 aliphatic heterocycles. The maximum atomic E-state index is 10.2. The Balaban J connectivity index is 0.000000281. The van der Waals surface area contributed by atoms with Gasteiger partial charge in [0, 0.05) is 19.3 Å². The first-order valence-electron chi connectivity index (χ1n) is 4.86. The summed E-state index contributed by atoms with van der Waals surface area (Å²) in [5.74, 6) is 0.215. The molecule has 0 bridgehead atoms. The number of aromatic nitrogens is 2. The third-order valence-electron chi connectivity index (χ3n) is 1.25. The molecule has 0 aliphatic rings. The Hall–Kier alpha value is -1.78. The molecule has 0 unspecified atom stereocenters. The molecule has 0 atom stereocenters. The van der Waals surface area contributed by atoms with E-state index in [0.29, 0.717) is 5.82 Å². The zero-order valence-corrected chi connectivity index (χ0v) is 10.2. The summed E-state index contributed by atoms with van der Waals surface area (Å²) in [6, 6.07) is 1.79. The molecule has 0 saturated carbocycles. The zero-order chi connectivity index (χ0) is 12.8. The van der Waals surface area contributed by atoms with Crippen LogP contribution in [0.1, 0.15) is 27.7 Å². The highest BCUT2D eigenvalue weighted by Gasteiger charge is 2.11. The lowest BCUT2D eigenvalue weighted by Gasteiger charge is -2.17. The van der Waals surface area contributed by atoms with Gasteiger partial charge in [0.1, 0.15) is 11.4 Å². The molecule has 0 fully saturated rings. The third-order valence-corrected chi connectivity index (χ3v) is 1.25. The van der Waals surface area contributed by atoms with Crippen LogP contribution in [0.15, 0.2) is 25.0 Å². The van der Waals surface area contributed by atoms with Crippen LogP contribution < -0.4 is 5.73 Å². The van der Waals surface area contributed by atoms with Crippen molar-refractivity contribution in [3.8, 4) is 0 Å². The van der Waals surface area contributed by atoms with Crippen molar-refractivity contribution >= 4 is 11.8 Å². The van der Waals surface area contributed by atoms with Crippen molar-refractivity contribution in [1.29, 1.82) is 0 Å². The molecule has 0 aliphatic carbocycles. The minimum Gasteiger partial charge on any atom is -0.460 e. The van der Waals surface area contributed by atoms with Crippen LogP contribution in [0.25, 0.3) is 5.82 Å². The molecule has 0 amide bonds. The van der Waals surface area contributed by atoms with E-state index in [1.165, 1.54) is 11.6 Å². The number of hydrogen-bond acceptors (Lipinski definition) is 4. The van der Waals surface area contributed by atoms with E-state index in [2.05, 4.69) is 11.7 Å². The first-order chi connectivity index (χ1) is 7.22. The highest BCUT2D eigenvalue weighted by Crippen LogP contribution is 2.05. The van der Waals surface area contributed by atoms with Gasteiger partial charge in [-0.1, -0.05) is 6.58 Å². The second-order valence-electron chi connectivity index (χ2n) is 4.15.